The molecular weight excluding hydrogens is 1280 g/mol. The Labute approximate surface area is 632 Å². The normalized spacial score (nSPS) is 13.6. The Hall–Kier alpha value is -3.59. The number of likely N-dealkylation sites (N-methyl/N-ethyl adjacent to an activating group) is 1. The molecule has 0 aliphatic rings. The molecule has 0 aromatic carbocycles. The van der Waals surface area contributed by atoms with Crippen molar-refractivity contribution in [3.63, 3.8) is 0 Å². The van der Waals surface area contributed by atoms with Gasteiger partial charge >= 0.3 is 19.8 Å². The summed E-state index contributed by atoms with van der Waals surface area (Å²) in [4.78, 5) is 36.1. The summed E-state index contributed by atoms with van der Waals surface area (Å²) in [6.07, 6.45) is 118. The van der Waals surface area contributed by atoms with E-state index in [1.54, 1.807) is 0 Å². The monoisotopic (exact) mass is 1440 g/mol. The highest BCUT2D eigenvalue weighted by molar-refractivity contribution is 7.47. The Balaban J connectivity index is 3.92. The van der Waals surface area contributed by atoms with E-state index < -0.39 is 26.5 Å². The number of nitrogens with zero attached hydrogens (tertiary/aromatic N) is 1. The van der Waals surface area contributed by atoms with E-state index in [2.05, 4.69) is 135 Å². The van der Waals surface area contributed by atoms with E-state index in [4.69, 9.17) is 18.5 Å². The van der Waals surface area contributed by atoms with Gasteiger partial charge in [-0.05, 0) is 109 Å². The molecular formula is C92H165NO8P+. The Morgan fingerprint density at radius 2 is 0.559 bits per heavy atom. The van der Waals surface area contributed by atoms with Crippen LogP contribution in [0.1, 0.15) is 399 Å². The van der Waals surface area contributed by atoms with E-state index in [1.807, 2.05) is 21.1 Å². The summed E-state index contributed by atoms with van der Waals surface area (Å²) >= 11 is 0. The van der Waals surface area contributed by atoms with Crippen molar-refractivity contribution in [1.82, 2.24) is 0 Å². The first-order valence-corrected chi connectivity index (χ1v) is 44.8. The van der Waals surface area contributed by atoms with Crippen LogP contribution in [0.4, 0.5) is 0 Å². The number of esters is 2. The van der Waals surface area contributed by atoms with Crippen LogP contribution in [0.3, 0.4) is 0 Å². The van der Waals surface area contributed by atoms with Crippen LogP contribution in [-0.4, -0.2) is 74.9 Å². The van der Waals surface area contributed by atoms with Crippen LogP contribution in [-0.2, 0) is 32.7 Å². The molecule has 0 amide bonds. The smallest absolute Gasteiger partial charge is 0.462 e. The topological polar surface area (TPSA) is 108 Å². The predicted octanol–water partition coefficient (Wildman–Crippen LogP) is 29.3. The Morgan fingerprint density at radius 1 is 0.314 bits per heavy atom. The first-order valence-electron chi connectivity index (χ1n) is 43.3. The summed E-state index contributed by atoms with van der Waals surface area (Å²) in [7, 11) is 1.49. The fourth-order valence-electron chi connectivity index (χ4n) is 12.4. The van der Waals surface area contributed by atoms with Gasteiger partial charge in [0.25, 0.3) is 0 Å². The molecule has 10 heteroatoms. The maximum Gasteiger partial charge on any atom is 0.472 e. The lowest BCUT2D eigenvalue weighted by Gasteiger charge is -2.24. The molecule has 0 bridgehead atoms. The van der Waals surface area contributed by atoms with Crippen LogP contribution in [0.5, 0.6) is 0 Å². The molecule has 0 rings (SSSR count). The molecule has 590 valence electrons. The molecule has 0 heterocycles. The summed E-state index contributed by atoms with van der Waals surface area (Å²) in [5.74, 6) is -0.782. The van der Waals surface area contributed by atoms with Crippen molar-refractivity contribution in [2.45, 2.75) is 405 Å². The predicted molar refractivity (Wildman–Crippen MR) is 445 cm³/mol. The van der Waals surface area contributed by atoms with Crippen molar-refractivity contribution in [2.24, 2.45) is 0 Å². The maximum atomic E-state index is 12.9. The third-order valence-electron chi connectivity index (χ3n) is 19.0. The summed E-state index contributed by atoms with van der Waals surface area (Å²) in [5, 5.41) is 0. The highest BCUT2D eigenvalue weighted by atomic mass is 31.2. The summed E-state index contributed by atoms with van der Waals surface area (Å²) < 4.78 is 34.9. The second kappa shape index (κ2) is 81.5. The van der Waals surface area contributed by atoms with Crippen LogP contribution >= 0.6 is 7.82 Å². The van der Waals surface area contributed by atoms with E-state index >= 15 is 0 Å². The van der Waals surface area contributed by atoms with Crippen molar-refractivity contribution in [3.8, 4) is 0 Å². The zero-order valence-corrected chi connectivity index (χ0v) is 68.5. The molecule has 102 heavy (non-hydrogen) atoms. The van der Waals surface area contributed by atoms with Gasteiger partial charge in [0.2, 0.25) is 0 Å². The van der Waals surface area contributed by atoms with Gasteiger partial charge in [-0.25, -0.2) is 4.57 Å². The van der Waals surface area contributed by atoms with Gasteiger partial charge in [-0.1, -0.05) is 399 Å². The van der Waals surface area contributed by atoms with Crippen molar-refractivity contribution >= 4 is 19.8 Å². The van der Waals surface area contributed by atoms with Crippen LogP contribution < -0.4 is 0 Å². The number of hydrogen-bond acceptors (Lipinski definition) is 7. The fourth-order valence-corrected chi connectivity index (χ4v) is 13.2. The lowest BCUT2D eigenvalue weighted by Crippen LogP contribution is -2.37. The first kappa shape index (κ1) is 98.4. The molecule has 0 saturated carbocycles. The molecule has 2 atom stereocenters. The number of carbonyl (C=O) groups is 2. The Kier molecular flexibility index (Phi) is 78.6. The molecule has 0 aliphatic heterocycles. The molecule has 0 saturated heterocycles. The van der Waals surface area contributed by atoms with E-state index in [9.17, 15) is 19.0 Å². The van der Waals surface area contributed by atoms with E-state index in [1.165, 1.54) is 276 Å². The maximum absolute atomic E-state index is 12.9. The van der Waals surface area contributed by atoms with Crippen molar-refractivity contribution in [3.05, 3.63) is 122 Å². The van der Waals surface area contributed by atoms with Crippen LogP contribution in [0.2, 0.25) is 0 Å². The molecule has 0 aromatic rings. The fraction of sp³-hybridized carbons (Fsp3) is 0.761. The van der Waals surface area contributed by atoms with Gasteiger partial charge in [-0.3, -0.25) is 18.6 Å². The molecule has 1 N–H and O–H groups in total. The Bertz CT molecular complexity index is 2140. The van der Waals surface area contributed by atoms with Crippen molar-refractivity contribution < 1.29 is 42.1 Å². The third kappa shape index (κ3) is 85.3. The second-order valence-electron chi connectivity index (χ2n) is 30.2. The number of allylic oxidation sites excluding steroid dienone is 20. The lowest BCUT2D eigenvalue weighted by molar-refractivity contribution is -0.870. The van der Waals surface area contributed by atoms with Gasteiger partial charge in [0, 0.05) is 12.8 Å². The van der Waals surface area contributed by atoms with E-state index in [0.29, 0.717) is 23.9 Å². The van der Waals surface area contributed by atoms with Crippen LogP contribution in [0.15, 0.2) is 122 Å². The van der Waals surface area contributed by atoms with Crippen LogP contribution in [0, 0.1) is 0 Å². The molecule has 0 aromatic heterocycles. The number of rotatable bonds is 80. The minimum atomic E-state index is -4.40. The first-order chi connectivity index (χ1) is 50.0. The number of quaternary nitrogens is 1. The SMILES string of the molecule is CC/C=C\C/C=C\C/C=C\C/C=C\C/C=C\C/C=C\C/C=C\C/C=C\CCCCCCCCCCCCCCCCCCC(=O)OC(COC(=O)CCCCCCCCCCCCCCCCCCCCCCCCCCC/C=C\C/C=C\CCCCCCC)COP(=O)(O)OCC[N+](C)(C)C. The molecule has 0 aliphatic carbocycles. The minimum absolute atomic E-state index is 0.0305. The highest BCUT2D eigenvalue weighted by Gasteiger charge is 2.27. The molecule has 0 fully saturated rings. The number of phosphoric ester groups is 1. The number of unbranched alkanes of at least 4 members (excludes halogenated alkanes) is 46. The van der Waals surface area contributed by atoms with Gasteiger partial charge in [0.1, 0.15) is 19.8 Å². The second-order valence-corrected chi connectivity index (χ2v) is 31.6. The van der Waals surface area contributed by atoms with Gasteiger partial charge in [-0.15, -0.1) is 0 Å². The third-order valence-corrected chi connectivity index (χ3v) is 20.0. The number of carbonyl (C=O) groups excluding carboxylic acids is 2. The molecule has 2 unspecified atom stereocenters. The van der Waals surface area contributed by atoms with E-state index in [0.717, 1.165) is 89.9 Å². The Morgan fingerprint density at radius 3 is 0.833 bits per heavy atom. The summed E-state index contributed by atoms with van der Waals surface area (Å²) in [6, 6.07) is 0. The zero-order chi connectivity index (χ0) is 74.0. The van der Waals surface area contributed by atoms with E-state index in [-0.39, 0.29) is 25.6 Å². The van der Waals surface area contributed by atoms with Gasteiger partial charge < -0.3 is 18.9 Å². The average Bonchev–Trinajstić information content (AvgIpc) is 0.916. The number of hydrogen-bond donors (Lipinski definition) is 1. The van der Waals surface area contributed by atoms with Gasteiger partial charge in [-0.2, -0.15) is 0 Å². The summed E-state index contributed by atoms with van der Waals surface area (Å²) in [6.45, 7) is 4.36. The largest absolute Gasteiger partial charge is 0.472 e. The molecule has 0 spiro atoms. The average molecular weight is 1440 g/mol. The standard InChI is InChI=1S/C92H164NO8P/c1-6-8-10-12-14-16-18-20-22-24-26-28-30-32-34-36-38-40-42-44-45-46-47-49-51-53-55-57-59-61-63-65-67-69-71-73-75-77-79-81-83-85-92(95)101-90(89-100-102(96,97)99-87-86-93(3,4)5)88-98-91(94)84-82-80-78-76-74-72-70-68-66-64-62-60-58-56-54-52-50-48-43-41-39-37-35-33-31-29-27-25-23-21-19-17-15-13-11-9-7-2/h8,10,14,16,19-22,25-28,32,34,38,40,44-45,47,49,90H,6-7,9,11-13,15,17-18,23-24,29-31,33,35-37,39,41-43,46,48,50-89H2,1-5H3/p+1/b10-8-,16-14-,21-19-,22-20-,27-25-,28-26-,34-32-,40-38-,45-44-,49-47-. The van der Waals surface area contributed by atoms with Crippen molar-refractivity contribution in [2.75, 3.05) is 47.5 Å². The highest BCUT2D eigenvalue weighted by Crippen LogP contribution is 2.43. The molecule has 0 radical (unpaired) electrons. The van der Waals surface area contributed by atoms with Crippen molar-refractivity contribution in [1.29, 1.82) is 0 Å². The lowest BCUT2D eigenvalue weighted by atomic mass is 10.0. The quantitative estimate of drug-likeness (QED) is 0.0211. The molecule has 9 nitrogen and oxygen atoms in total. The van der Waals surface area contributed by atoms with Gasteiger partial charge in [0.15, 0.2) is 6.10 Å². The van der Waals surface area contributed by atoms with Gasteiger partial charge in [0.05, 0.1) is 27.7 Å². The minimum Gasteiger partial charge on any atom is -0.462 e. The number of ether oxygens (including phenoxy) is 2. The number of phosphoric acid groups is 1. The zero-order valence-electron chi connectivity index (χ0n) is 67.6. The van der Waals surface area contributed by atoms with Crippen LogP contribution in [0.25, 0.3) is 0 Å². The summed E-state index contributed by atoms with van der Waals surface area (Å²) in [5.41, 5.74) is 0.